The van der Waals surface area contributed by atoms with Crippen molar-refractivity contribution in [1.29, 1.82) is 0 Å². The molecule has 2 aliphatic carbocycles. The number of rotatable bonds is 17. The molecule has 8 nitrogen and oxygen atoms in total. The maximum absolute atomic E-state index is 12.2. The largest absolute Gasteiger partial charge is 0.504 e. The highest BCUT2D eigenvalue weighted by Gasteiger charge is 2.29. The second-order valence-corrected chi connectivity index (χ2v) is 9.37. The summed E-state index contributed by atoms with van der Waals surface area (Å²) >= 11 is 0. The SMILES string of the molecule is COC1=CC(=O)C(O)=C(CCCCCCCC=CCCCCCCCC2=C(O)C(=O)C=C(O)C2=O)C1=O. The van der Waals surface area contributed by atoms with Gasteiger partial charge in [0, 0.05) is 23.3 Å². The van der Waals surface area contributed by atoms with E-state index in [0.717, 1.165) is 82.8 Å². The molecular formula is C29H38O8. The molecule has 37 heavy (non-hydrogen) atoms. The van der Waals surface area contributed by atoms with E-state index in [4.69, 9.17) is 4.74 Å². The predicted molar refractivity (Wildman–Crippen MR) is 139 cm³/mol. The van der Waals surface area contributed by atoms with Crippen molar-refractivity contribution in [2.24, 2.45) is 0 Å². The molecule has 0 amide bonds. The first-order chi connectivity index (χ1) is 17.8. The first kappa shape index (κ1) is 29.8. The van der Waals surface area contributed by atoms with Crippen molar-refractivity contribution in [2.75, 3.05) is 7.11 Å². The molecule has 0 aromatic carbocycles. The van der Waals surface area contributed by atoms with Gasteiger partial charge >= 0.3 is 0 Å². The zero-order chi connectivity index (χ0) is 27.2. The van der Waals surface area contributed by atoms with Gasteiger partial charge < -0.3 is 20.1 Å². The van der Waals surface area contributed by atoms with Gasteiger partial charge in [-0.1, -0.05) is 50.7 Å². The zero-order valence-electron chi connectivity index (χ0n) is 21.6. The van der Waals surface area contributed by atoms with Crippen LogP contribution in [0.4, 0.5) is 0 Å². The number of carbonyl (C=O) groups excluding carboxylic acids is 4. The van der Waals surface area contributed by atoms with E-state index in [9.17, 15) is 34.5 Å². The van der Waals surface area contributed by atoms with E-state index < -0.39 is 40.4 Å². The van der Waals surface area contributed by atoms with E-state index in [-0.39, 0.29) is 16.9 Å². The summed E-state index contributed by atoms with van der Waals surface area (Å²) in [4.78, 5) is 47.2. The number of allylic oxidation sites excluding steroid dienone is 6. The number of methoxy groups -OCH3 is 1. The number of Topliss-reactive ketones (excluding diaryl/α,β-unsaturated/α-hetero) is 2. The number of ketones is 4. The Kier molecular flexibility index (Phi) is 12.6. The van der Waals surface area contributed by atoms with Crippen molar-refractivity contribution >= 4 is 23.1 Å². The molecule has 0 bridgehead atoms. The number of carbonyl (C=O) groups is 4. The Morgan fingerprint density at radius 1 is 0.622 bits per heavy atom. The number of ether oxygens (including phenoxy) is 1. The van der Waals surface area contributed by atoms with Gasteiger partial charge in [-0.15, -0.1) is 0 Å². The van der Waals surface area contributed by atoms with Crippen molar-refractivity contribution in [2.45, 2.75) is 89.9 Å². The first-order valence-electron chi connectivity index (χ1n) is 13.1. The molecule has 8 heteroatoms. The number of aliphatic hydroxyl groups excluding tert-OH is 3. The molecule has 0 aromatic rings. The quantitative estimate of drug-likeness (QED) is 0.124. The van der Waals surface area contributed by atoms with Gasteiger partial charge in [-0.05, 0) is 51.4 Å². The molecule has 0 saturated heterocycles. The van der Waals surface area contributed by atoms with Crippen molar-refractivity contribution < 1.29 is 39.2 Å². The molecular weight excluding hydrogens is 476 g/mol. The topological polar surface area (TPSA) is 138 Å². The van der Waals surface area contributed by atoms with E-state index in [1.54, 1.807) is 0 Å². The Balaban J connectivity index is 1.44. The van der Waals surface area contributed by atoms with Crippen LogP contribution in [0.15, 0.2) is 58.5 Å². The summed E-state index contributed by atoms with van der Waals surface area (Å²) in [5.74, 6) is -3.99. The molecule has 2 rings (SSSR count). The van der Waals surface area contributed by atoms with Crippen LogP contribution < -0.4 is 0 Å². The highest BCUT2D eigenvalue weighted by atomic mass is 16.5. The van der Waals surface area contributed by atoms with Crippen LogP contribution in [0.25, 0.3) is 0 Å². The number of aliphatic hydroxyl groups is 3. The minimum absolute atomic E-state index is 0.0125. The summed E-state index contributed by atoms with van der Waals surface area (Å²) in [7, 11) is 1.33. The van der Waals surface area contributed by atoms with Gasteiger partial charge in [-0.25, -0.2) is 0 Å². The van der Waals surface area contributed by atoms with Gasteiger partial charge in [-0.2, -0.15) is 0 Å². The van der Waals surface area contributed by atoms with Gasteiger partial charge in [0.05, 0.1) is 7.11 Å². The Morgan fingerprint density at radius 2 is 1.05 bits per heavy atom. The Morgan fingerprint density at radius 3 is 1.57 bits per heavy atom. The van der Waals surface area contributed by atoms with Crippen LogP contribution in [0.1, 0.15) is 89.9 Å². The van der Waals surface area contributed by atoms with Crippen molar-refractivity contribution in [3.8, 4) is 0 Å². The summed E-state index contributed by atoms with van der Waals surface area (Å²) in [5, 5.41) is 29.1. The van der Waals surface area contributed by atoms with Crippen LogP contribution >= 0.6 is 0 Å². The lowest BCUT2D eigenvalue weighted by molar-refractivity contribution is -0.119. The Labute approximate surface area is 218 Å². The second kappa shape index (κ2) is 15.6. The molecule has 0 atom stereocenters. The standard InChI is InChI=1S/C29H38O8/c1-37-25-19-24(32)28(35)21(29(25)36)17-15-13-11-9-7-5-3-2-4-6-8-10-12-14-16-20-26(33)22(30)18-23(31)27(20)34/h2-3,18-19,30,34-35H,4-17H2,1H3. The third-order valence-corrected chi connectivity index (χ3v) is 6.55. The summed E-state index contributed by atoms with van der Waals surface area (Å²) in [6, 6.07) is 0. The minimum atomic E-state index is -0.719. The summed E-state index contributed by atoms with van der Waals surface area (Å²) < 4.78 is 4.92. The fourth-order valence-electron chi connectivity index (χ4n) is 4.37. The summed E-state index contributed by atoms with van der Waals surface area (Å²) in [6.45, 7) is 0. The first-order valence-corrected chi connectivity index (χ1v) is 13.1. The van der Waals surface area contributed by atoms with Crippen LogP contribution in [-0.2, 0) is 23.9 Å². The van der Waals surface area contributed by atoms with Crippen LogP contribution in [0.3, 0.4) is 0 Å². The number of hydrogen-bond acceptors (Lipinski definition) is 8. The summed E-state index contributed by atoms with van der Waals surface area (Å²) in [6.07, 6.45) is 18.5. The normalized spacial score (nSPS) is 16.7. The Bertz CT molecular complexity index is 1020. The fraction of sp³-hybridized carbons (Fsp3) is 0.517. The van der Waals surface area contributed by atoms with Crippen molar-refractivity contribution in [3.05, 3.63) is 58.5 Å². The zero-order valence-corrected chi connectivity index (χ0v) is 21.6. The lowest BCUT2D eigenvalue weighted by atomic mass is 9.94. The molecule has 0 unspecified atom stereocenters. The van der Waals surface area contributed by atoms with Crippen molar-refractivity contribution in [1.82, 2.24) is 0 Å². The van der Waals surface area contributed by atoms with E-state index >= 15 is 0 Å². The fourth-order valence-corrected chi connectivity index (χ4v) is 4.37. The van der Waals surface area contributed by atoms with Crippen LogP contribution in [-0.4, -0.2) is 45.6 Å². The third kappa shape index (κ3) is 9.19. The average Bonchev–Trinajstić information content (AvgIpc) is 2.88. The number of unbranched alkanes of at least 4 members (excludes halogenated alkanes) is 10. The maximum atomic E-state index is 12.2. The van der Waals surface area contributed by atoms with Gasteiger partial charge in [-0.3, -0.25) is 19.2 Å². The second-order valence-electron chi connectivity index (χ2n) is 9.37. The molecule has 0 aromatic heterocycles. The number of hydrogen-bond donors (Lipinski definition) is 3. The highest BCUT2D eigenvalue weighted by molar-refractivity contribution is 6.21. The van der Waals surface area contributed by atoms with Crippen molar-refractivity contribution in [3.63, 3.8) is 0 Å². The molecule has 3 N–H and O–H groups in total. The van der Waals surface area contributed by atoms with E-state index in [1.807, 2.05) is 0 Å². The van der Waals surface area contributed by atoms with Gasteiger partial charge in [0.25, 0.3) is 0 Å². The molecule has 0 radical (unpaired) electrons. The maximum Gasteiger partial charge on any atom is 0.227 e. The summed E-state index contributed by atoms with van der Waals surface area (Å²) in [5.41, 5.74) is 0.163. The minimum Gasteiger partial charge on any atom is -0.504 e. The van der Waals surface area contributed by atoms with Gasteiger partial charge in [0.2, 0.25) is 23.1 Å². The Hall–Kier alpha value is -3.42. The molecule has 0 saturated carbocycles. The van der Waals surface area contributed by atoms with Crippen LogP contribution in [0.5, 0.6) is 0 Å². The predicted octanol–water partition coefficient (Wildman–Crippen LogP) is 5.90. The van der Waals surface area contributed by atoms with Gasteiger partial charge in [0.15, 0.2) is 23.0 Å². The van der Waals surface area contributed by atoms with E-state index in [1.165, 1.54) is 7.11 Å². The lowest BCUT2D eigenvalue weighted by Crippen LogP contribution is -2.20. The van der Waals surface area contributed by atoms with E-state index in [2.05, 4.69) is 12.2 Å². The van der Waals surface area contributed by atoms with Crippen LogP contribution in [0.2, 0.25) is 0 Å². The highest BCUT2D eigenvalue weighted by Crippen LogP contribution is 2.24. The van der Waals surface area contributed by atoms with E-state index in [0.29, 0.717) is 19.3 Å². The molecule has 202 valence electrons. The third-order valence-electron chi connectivity index (χ3n) is 6.55. The monoisotopic (exact) mass is 514 g/mol. The molecule has 0 fully saturated rings. The lowest BCUT2D eigenvalue weighted by Gasteiger charge is -2.14. The molecule has 0 heterocycles. The van der Waals surface area contributed by atoms with Crippen LogP contribution in [0, 0.1) is 0 Å². The smallest absolute Gasteiger partial charge is 0.227 e. The average molecular weight is 515 g/mol. The molecule has 0 spiro atoms. The van der Waals surface area contributed by atoms with Gasteiger partial charge in [0.1, 0.15) is 0 Å². The molecule has 2 aliphatic rings. The molecule has 0 aliphatic heterocycles.